The molecular formula is C23H13BrN4O4. The lowest BCUT2D eigenvalue weighted by Crippen LogP contribution is -2.23. The predicted molar refractivity (Wildman–Crippen MR) is 125 cm³/mol. The Hall–Kier alpha value is -4.11. The molecule has 0 unspecified atom stereocenters. The smallest absolute Gasteiger partial charge is 0.293 e. The van der Waals surface area contributed by atoms with Crippen LogP contribution in [0, 0.1) is 10.1 Å². The average Bonchev–Trinajstić information content (AvgIpc) is 3.08. The number of hydrogen-bond acceptors (Lipinski definition) is 5. The van der Waals surface area contributed by atoms with E-state index in [1.54, 1.807) is 48.5 Å². The zero-order valence-electron chi connectivity index (χ0n) is 16.3. The number of nitrogens with zero attached hydrogens (tertiary/aromatic N) is 3. The third-order valence-corrected chi connectivity index (χ3v) is 5.65. The van der Waals surface area contributed by atoms with Gasteiger partial charge in [-0.3, -0.25) is 24.3 Å². The molecule has 0 atom stereocenters. The van der Waals surface area contributed by atoms with Crippen molar-refractivity contribution >= 4 is 55.8 Å². The maximum absolute atomic E-state index is 13.4. The molecular weight excluding hydrogens is 476 g/mol. The fraction of sp³-hybridized carbons (Fsp3) is 0. The summed E-state index contributed by atoms with van der Waals surface area (Å²) in [4.78, 5) is 41.8. The molecule has 0 radical (unpaired) electrons. The largest absolute Gasteiger partial charge is 0.321 e. The molecule has 4 aromatic rings. The SMILES string of the molecule is O=C1Nc2ccc(Br)cc2C1=Cc1nc2ccccc2c(=O)n1-c1ccccc1[N+](=O)[O-]. The highest BCUT2D eigenvalue weighted by atomic mass is 79.9. The molecule has 156 valence electrons. The molecule has 1 aliphatic rings. The second-order valence-corrected chi connectivity index (χ2v) is 7.99. The number of aromatic nitrogens is 2. The van der Waals surface area contributed by atoms with Gasteiger partial charge in [0.2, 0.25) is 0 Å². The van der Waals surface area contributed by atoms with Gasteiger partial charge in [0.25, 0.3) is 17.2 Å². The predicted octanol–water partition coefficient (Wildman–Crippen LogP) is 4.55. The number of benzene rings is 3. The highest BCUT2D eigenvalue weighted by Crippen LogP contribution is 2.35. The zero-order chi connectivity index (χ0) is 22.4. The monoisotopic (exact) mass is 488 g/mol. The molecule has 1 N–H and O–H groups in total. The Labute approximate surface area is 189 Å². The van der Waals surface area contributed by atoms with Crippen LogP contribution in [-0.4, -0.2) is 20.4 Å². The molecule has 0 saturated heterocycles. The van der Waals surface area contributed by atoms with E-state index in [1.165, 1.54) is 28.8 Å². The molecule has 1 amide bonds. The lowest BCUT2D eigenvalue weighted by Gasteiger charge is -2.12. The summed E-state index contributed by atoms with van der Waals surface area (Å²) in [5, 5.41) is 14.8. The van der Waals surface area contributed by atoms with E-state index in [-0.39, 0.29) is 23.1 Å². The summed E-state index contributed by atoms with van der Waals surface area (Å²) in [6.45, 7) is 0. The number of carbonyl (C=O) groups excluding carboxylic acids is 1. The summed E-state index contributed by atoms with van der Waals surface area (Å²) in [6, 6.07) is 18.0. The minimum atomic E-state index is -0.553. The maximum Gasteiger partial charge on any atom is 0.293 e. The van der Waals surface area contributed by atoms with Crippen LogP contribution in [0.25, 0.3) is 28.2 Å². The van der Waals surface area contributed by atoms with E-state index in [0.29, 0.717) is 27.7 Å². The summed E-state index contributed by atoms with van der Waals surface area (Å²) in [6.07, 6.45) is 1.48. The molecule has 0 bridgehead atoms. The van der Waals surface area contributed by atoms with Gasteiger partial charge >= 0.3 is 0 Å². The Morgan fingerprint density at radius 2 is 1.78 bits per heavy atom. The van der Waals surface area contributed by atoms with Crippen molar-refractivity contribution in [2.45, 2.75) is 0 Å². The van der Waals surface area contributed by atoms with Crippen molar-refractivity contribution in [2.24, 2.45) is 0 Å². The van der Waals surface area contributed by atoms with Gasteiger partial charge in [-0.05, 0) is 42.5 Å². The number of carbonyl (C=O) groups is 1. The number of nitrogens with one attached hydrogen (secondary N) is 1. The molecule has 1 aromatic heterocycles. The Balaban J connectivity index is 1.86. The number of halogens is 1. The maximum atomic E-state index is 13.4. The minimum absolute atomic E-state index is 0.0699. The van der Waals surface area contributed by atoms with E-state index in [9.17, 15) is 19.7 Å². The molecule has 0 spiro atoms. The summed E-state index contributed by atoms with van der Waals surface area (Å²) in [7, 11) is 0. The molecule has 0 fully saturated rings. The first-order valence-electron chi connectivity index (χ1n) is 9.52. The van der Waals surface area contributed by atoms with Crippen LogP contribution in [0.2, 0.25) is 0 Å². The molecule has 0 saturated carbocycles. The van der Waals surface area contributed by atoms with Gasteiger partial charge < -0.3 is 5.32 Å². The van der Waals surface area contributed by atoms with Crippen LogP contribution in [0.4, 0.5) is 11.4 Å². The second-order valence-electron chi connectivity index (χ2n) is 7.08. The highest BCUT2D eigenvalue weighted by Gasteiger charge is 2.26. The molecule has 5 rings (SSSR count). The topological polar surface area (TPSA) is 107 Å². The first-order valence-corrected chi connectivity index (χ1v) is 10.3. The molecule has 3 aromatic carbocycles. The Morgan fingerprint density at radius 3 is 2.59 bits per heavy atom. The van der Waals surface area contributed by atoms with Gasteiger partial charge in [0.15, 0.2) is 0 Å². The van der Waals surface area contributed by atoms with Crippen LogP contribution in [0.15, 0.2) is 76.0 Å². The lowest BCUT2D eigenvalue weighted by atomic mass is 10.1. The lowest BCUT2D eigenvalue weighted by molar-refractivity contribution is -0.384. The number of anilines is 1. The van der Waals surface area contributed by atoms with Crippen molar-refractivity contribution in [1.29, 1.82) is 0 Å². The second kappa shape index (κ2) is 7.54. The van der Waals surface area contributed by atoms with Crippen LogP contribution in [-0.2, 0) is 4.79 Å². The van der Waals surface area contributed by atoms with E-state index < -0.39 is 10.5 Å². The van der Waals surface area contributed by atoms with Crippen LogP contribution in [0.5, 0.6) is 0 Å². The van der Waals surface area contributed by atoms with Gasteiger partial charge in [0, 0.05) is 21.8 Å². The summed E-state index contributed by atoms with van der Waals surface area (Å²) < 4.78 is 1.96. The molecule has 2 heterocycles. The van der Waals surface area contributed by atoms with Crippen LogP contribution < -0.4 is 10.9 Å². The number of hydrogen-bond donors (Lipinski definition) is 1. The zero-order valence-corrected chi connectivity index (χ0v) is 17.9. The number of nitro benzene ring substituents is 1. The van der Waals surface area contributed by atoms with Crippen LogP contribution in [0.1, 0.15) is 11.4 Å². The number of fused-ring (bicyclic) bond motifs is 2. The summed E-state index contributed by atoms with van der Waals surface area (Å²) in [5.74, 6) is -0.240. The van der Waals surface area contributed by atoms with E-state index in [1.807, 2.05) is 0 Å². The summed E-state index contributed by atoms with van der Waals surface area (Å²) >= 11 is 3.41. The molecule has 8 nitrogen and oxygen atoms in total. The standard InChI is InChI=1S/C23H13BrN4O4/c24-13-9-10-18-15(11-13)16(22(29)26-18)12-21-25-17-6-2-1-5-14(17)23(30)27(21)19-7-3-4-8-20(19)28(31)32/h1-12H,(H,26,29). The number of rotatable bonds is 3. The number of amides is 1. The minimum Gasteiger partial charge on any atom is -0.321 e. The number of para-hydroxylation sites is 3. The van der Waals surface area contributed by atoms with Crippen molar-refractivity contribution in [3.63, 3.8) is 0 Å². The van der Waals surface area contributed by atoms with Crippen LogP contribution in [0.3, 0.4) is 0 Å². The number of nitro groups is 1. The normalized spacial score (nSPS) is 13.9. The van der Waals surface area contributed by atoms with E-state index >= 15 is 0 Å². The first-order chi connectivity index (χ1) is 15.4. The fourth-order valence-corrected chi connectivity index (χ4v) is 4.08. The van der Waals surface area contributed by atoms with Gasteiger partial charge in [0.05, 0.1) is 21.4 Å². The molecule has 9 heteroatoms. The van der Waals surface area contributed by atoms with Gasteiger partial charge in [-0.1, -0.05) is 40.2 Å². The van der Waals surface area contributed by atoms with Crippen LogP contribution >= 0.6 is 15.9 Å². The Morgan fingerprint density at radius 1 is 1.03 bits per heavy atom. The van der Waals surface area contributed by atoms with E-state index in [0.717, 1.165) is 4.47 Å². The van der Waals surface area contributed by atoms with Crippen molar-refractivity contribution in [3.05, 3.63) is 103 Å². The van der Waals surface area contributed by atoms with Crippen molar-refractivity contribution in [1.82, 2.24) is 9.55 Å². The average molecular weight is 489 g/mol. The fourth-order valence-electron chi connectivity index (χ4n) is 3.72. The van der Waals surface area contributed by atoms with Gasteiger partial charge in [-0.2, -0.15) is 0 Å². The molecule has 32 heavy (non-hydrogen) atoms. The third-order valence-electron chi connectivity index (χ3n) is 5.16. The van der Waals surface area contributed by atoms with E-state index in [2.05, 4.69) is 26.2 Å². The summed E-state index contributed by atoms with van der Waals surface area (Å²) in [5.41, 5.74) is 1.35. The molecule has 1 aliphatic heterocycles. The highest BCUT2D eigenvalue weighted by molar-refractivity contribution is 9.10. The molecule has 0 aliphatic carbocycles. The van der Waals surface area contributed by atoms with Gasteiger partial charge in [-0.25, -0.2) is 4.98 Å². The van der Waals surface area contributed by atoms with Gasteiger partial charge in [-0.15, -0.1) is 0 Å². The Bertz CT molecular complexity index is 1540. The van der Waals surface area contributed by atoms with Crippen molar-refractivity contribution < 1.29 is 9.72 Å². The van der Waals surface area contributed by atoms with Crippen molar-refractivity contribution in [2.75, 3.05) is 5.32 Å². The quantitative estimate of drug-likeness (QED) is 0.258. The Kier molecular flexibility index (Phi) is 4.67. The van der Waals surface area contributed by atoms with Gasteiger partial charge in [0.1, 0.15) is 11.5 Å². The van der Waals surface area contributed by atoms with Crippen molar-refractivity contribution in [3.8, 4) is 5.69 Å². The third kappa shape index (κ3) is 3.19. The first kappa shape index (κ1) is 19.8. The van der Waals surface area contributed by atoms with E-state index in [4.69, 9.17) is 0 Å².